The fraction of sp³-hybridized carbons (Fsp3) is 0.429. The zero-order valence-electron chi connectivity index (χ0n) is 31.3. The van der Waals surface area contributed by atoms with Crippen LogP contribution in [0.1, 0.15) is 101 Å². The zero-order chi connectivity index (χ0) is 39.0. The van der Waals surface area contributed by atoms with E-state index in [-0.39, 0.29) is 47.8 Å². The van der Waals surface area contributed by atoms with E-state index in [1.165, 1.54) is 0 Å². The number of amides is 5. The van der Waals surface area contributed by atoms with Crippen LogP contribution >= 0.6 is 11.6 Å². The minimum absolute atomic E-state index is 0.00238. The number of hydrogen-bond acceptors (Lipinski definition) is 9. The number of imide groups is 2. The number of hydrogen-bond donors (Lipinski definition) is 2. The minimum Gasteiger partial charge on any atom is -0.489 e. The summed E-state index contributed by atoms with van der Waals surface area (Å²) in [4.78, 5) is 69.6. The second-order valence-electron chi connectivity index (χ2n) is 16.6. The van der Waals surface area contributed by atoms with E-state index in [4.69, 9.17) is 16.3 Å². The number of anilines is 1. The summed E-state index contributed by atoms with van der Waals surface area (Å²) in [5.41, 5.74) is 4.11. The normalized spacial score (nSPS) is 24.5. The summed E-state index contributed by atoms with van der Waals surface area (Å²) in [5, 5.41) is 15.5. The molecule has 5 aliphatic rings. The van der Waals surface area contributed by atoms with Crippen molar-refractivity contribution in [3.63, 3.8) is 0 Å². The van der Waals surface area contributed by atoms with Crippen LogP contribution in [0.25, 0.3) is 0 Å². The van der Waals surface area contributed by atoms with Gasteiger partial charge in [0.2, 0.25) is 11.8 Å². The summed E-state index contributed by atoms with van der Waals surface area (Å²) in [6.45, 7) is 11.2. The molecule has 1 saturated carbocycles. The van der Waals surface area contributed by atoms with Crippen molar-refractivity contribution in [2.24, 2.45) is 10.8 Å². The average Bonchev–Trinajstić information content (AvgIpc) is 3.69. The number of carbonyl (C=O) groups excluding carboxylic acids is 5. The molecule has 55 heavy (non-hydrogen) atoms. The van der Waals surface area contributed by atoms with Crippen molar-refractivity contribution in [1.29, 1.82) is 5.26 Å². The van der Waals surface area contributed by atoms with Crippen LogP contribution in [-0.2, 0) is 22.7 Å². The molecule has 4 aliphatic heterocycles. The Morgan fingerprint density at radius 3 is 2.07 bits per heavy atom. The maximum absolute atomic E-state index is 13.6. The van der Waals surface area contributed by atoms with Crippen LogP contribution in [0.4, 0.5) is 5.69 Å². The SMILES string of the molecule is CC1(C)C(Nc2ccc(C(=O)N3CCC(N4Cc5cc6c(cc5C4)C(=O)N(C4CCC(=O)NC4=O)C6=O)CC3)cc2)C(C)(C)C1Oc1ccc(C#N)c(Cl)c1. The number of nitrogens with zero attached hydrogens (tertiary/aromatic N) is 4. The van der Waals surface area contributed by atoms with Gasteiger partial charge in [0, 0.05) is 72.8 Å². The maximum Gasteiger partial charge on any atom is 0.262 e. The lowest BCUT2D eigenvalue weighted by Crippen LogP contribution is -2.72. The Hall–Kier alpha value is -5.25. The average molecular weight is 763 g/mol. The van der Waals surface area contributed by atoms with Crippen LogP contribution in [-0.4, -0.2) is 81.6 Å². The number of nitrogens with one attached hydrogen (secondary N) is 2. The van der Waals surface area contributed by atoms with Crippen LogP contribution in [0.2, 0.25) is 5.02 Å². The minimum atomic E-state index is -0.983. The maximum atomic E-state index is 13.6. The fourth-order valence-corrected chi connectivity index (χ4v) is 9.95. The molecule has 3 aromatic rings. The zero-order valence-corrected chi connectivity index (χ0v) is 32.0. The second-order valence-corrected chi connectivity index (χ2v) is 17.0. The molecule has 2 N–H and O–H groups in total. The standard InChI is InChI=1S/C42H43ClN6O6/c1-41(2)39(42(3,4)40(41)55-29-10-7-24(20-44)32(43)19-29)45-27-8-5-23(6-9-27)36(52)47-15-13-28(14-16-47)48-21-25-17-30-31(18-26(25)22-48)38(54)49(37(30)53)33-11-12-34(50)46-35(33)51/h5-10,17-19,28,33,39-40,45H,11-16,21-22H2,1-4H3,(H,46,50,51). The quantitative estimate of drug-likeness (QED) is 0.296. The van der Waals surface area contributed by atoms with Gasteiger partial charge in [-0.25, -0.2) is 0 Å². The molecular formula is C42H43ClN6O6. The number of ether oxygens (including phenoxy) is 1. The van der Waals surface area contributed by atoms with Crippen molar-refractivity contribution in [2.75, 3.05) is 18.4 Å². The van der Waals surface area contributed by atoms with E-state index in [0.29, 0.717) is 59.2 Å². The molecule has 1 unspecified atom stereocenters. The van der Waals surface area contributed by atoms with Crippen LogP contribution in [0.5, 0.6) is 5.75 Å². The number of carbonyl (C=O) groups is 5. The number of benzene rings is 3. The van der Waals surface area contributed by atoms with Crippen molar-refractivity contribution < 1.29 is 28.7 Å². The Morgan fingerprint density at radius 1 is 0.891 bits per heavy atom. The molecule has 1 atom stereocenters. The molecule has 1 aliphatic carbocycles. The summed E-state index contributed by atoms with van der Waals surface area (Å²) in [5.74, 6) is -1.37. The number of likely N-dealkylation sites (tertiary alicyclic amines) is 1. The van der Waals surface area contributed by atoms with Gasteiger partial charge in [0.05, 0.1) is 21.7 Å². The van der Waals surface area contributed by atoms with Crippen molar-refractivity contribution >= 4 is 46.8 Å². The summed E-state index contributed by atoms with van der Waals surface area (Å²) >= 11 is 6.26. The summed E-state index contributed by atoms with van der Waals surface area (Å²) in [6, 6.07) is 17.8. The third-order valence-electron chi connectivity index (χ3n) is 12.4. The van der Waals surface area contributed by atoms with Crippen LogP contribution in [0.15, 0.2) is 54.6 Å². The molecule has 13 heteroatoms. The Labute approximate surface area is 324 Å². The first-order chi connectivity index (χ1) is 26.2. The number of fused-ring (bicyclic) bond motifs is 2. The molecule has 3 aromatic carbocycles. The number of halogens is 1. The fourth-order valence-electron chi connectivity index (χ4n) is 9.74. The Morgan fingerprint density at radius 2 is 1.51 bits per heavy atom. The third kappa shape index (κ3) is 6.23. The molecule has 0 bridgehead atoms. The van der Waals surface area contributed by atoms with Crippen molar-refractivity contribution in [3.8, 4) is 11.8 Å². The largest absolute Gasteiger partial charge is 0.489 e. The van der Waals surface area contributed by atoms with E-state index >= 15 is 0 Å². The lowest BCUT2D eigenvalue weighted by molar-refractivity contribution is -0.147. The summed E-state index contributed by atoms with van der Waals surface area (Å²) in [7, 11) is 0. The van der Waals surface area contributed by atoms with Gasteiger partial charge in [-0.1, -0.05) is 39.3 Å². The first-order valence-corrected chi connectivity index (χ1v) is 19.2. The van der Waals surface area contributed by atoms with Crippen LogP contribution in [0.3, 0.4) is 0 Å². The first kappa shape index (κ1) is 36.7. The molecule has 2 saturated heterocycles. The predicted octanol–water partition coefficient (Wildman–Crippen LogP) is 5.53. The molecule has 0 radical (unpaired) electrons. The van der Waals surface area contributed by atoms with Gasteiger partial charge in [0.15, 0.2) is 0 Å². The molecule has 5 amide bonds. The molecule has 8 rings (SSSR count). The monoisotopic (exact) mass is 762 g/mol. The highest BCUT2D eigenvalue weighted by atomic mass is 35.5. The summed E-state index contributed by atoms with van der Waals surface area (Å²) in [6.07, 6.45) is 1.72. The van der Waals surface area contributed by atoms with Gasteiger partial charge >= 0.3 is 0 Å². The van der Waals surface area contributed by atoms with Crippen molar-refractivity contribution in [2.45, 2.75) is 90.7 Å². The van der Waals surface area contributed by atoms with Gasteiger partial charge in [0.25, 0.3) is 17.7 Å². The van der Waals surface area contributed by atoms with Crippen LogP contribution in [0, 0.1) is 22.2 Å². The van der Waals surface area contributed by atoms with Crippen molar-refractivity contribution in [1.82, 2.24) is 20.0 Å². The number of rotatable bonds is 7. The third-order valence-corrected chi connectivity index (χ3v) is 12.7. The molecule has 4 heterocycles. The van der Waals surface area contributed by atoms with Gasteiger partial charge < -0.3 is 15.0 Å². The topological polar surface area (TPSA) is 152 Å². The highest BCUT2D eigenvalue weighted by Gasteiger charge is 2.63. The van der Waals surface area contributed by atoms with E-state index in [9.17, 15) is 29.2 Å². The molecule has 0 aromatic heterocycles. The van der Waals surface area contributed by atoms with Gasteiger partial charge in [-0.15, -0.1) is 0 Å². The smallest absolute Gasteiger partial charge is 0.262 e. The number of piperidine rings is 2. The summed E-state index contributed by atoms with van der Waals surface area (Å²) < 4.78 is 6.42. The molecule has 284 valence electrons. The molecule has 0 spiro atoms. The Bertz CT molecular complexity index is 2130. The van der Waals surface area contributed by atoms with Gasteiger partial charge in [-0.2, -0.15) is 5.26 Å². The van der Waals surface area contributed by atoms with E-state index in [2.05, 4.69) is 49.3 Å². The van der Waals surface area contributed by atoms with E-state index in [1.807, 2.05) is 29.2 Å². The highest BCUT2D eigenvalue weighted by Crippen LogP contribution is 2.56. The lowest BCUT2D eigenvalue weighted by Gasteiger charge is -2.63. The van der Waals surface area contributed by atoms with E-state index in [0.717, 1.165) is 34.6 Å². The van der Waals surface area contributed by atoms with Crippen LogP contribution < -0.4 is 15.4 Å². The Kier molecular flexibility index (Phi) is 9.01. The van der Waals surface area contributed by atoms with E-state index in [1.54, 1.807) is 30.3 Å². The molecule has 3 fully saturated rings. The molecular weight excluding hydrogens is 720 g/mol. The number of nitriles is 1. The van der Waals surface area contributed by atoms with E-state index < -0.39 is 29.7 Å². The second kappa shape index (κ2) is 13.5. The predicted molar refractivity (Wildman–Crippen MR) is 203 cm³/mol. The first-order valence-electron chi connectivity index (χ1n) is 18.8. The van der Waals surface area contributed by atoms with Gasteiger partial charge in [0.1, 0.15) is 24.0 Å². The lowest BCUT2D eigenvalue weighted by atomic mass is 9.49. The highest BCUT2D eigenvalue weighted by molar-refractivity contribution is 6.31. The van der Waals surface area contributed by atoms with Crippen molar-refractivity contribution in [3.05, 3.63) is 93.0 Å². The Balaban J connectivity index is 0.846. The molecule has 12 nitrogen and oxygen atoms in total. The van der Waals surface area contributed by atoms with Gasteiger partial charge in [-0.05, 0) is 78.9 Å². The van der Waals surface area contributed by atoms with Gasteiger partial charge in [-0.3, -0.25) is 39.1 Å².